The van der Waals surface area contributed by atoms with Crippen LogP contribution in [0, 0.1) is 5.92 Å². The maximum absolute atomic E-state index is 12.1. The number of unbranched alkanes of at least 4 members (excludes halogenated alkanes) is 1. The van der Waals surface area contributed by atoms with Gasteiger partial charge in [0, 0.05) is 6.54 Å². The molecule has 1 atom stereocenters. The largest absolute Gasteiger partial charge is 0.516 e. The number of hydrogen-bond acceptors (Lipinski definition) is 10. The molecule has 0 aliphatic carbocycles. The first kappa shape index (κ1) is 22.6. The zero-order valence-electron chi connectivity index (χ0n) is 16.5. The molecule has 1 fully saturated rings. The standard InChI is InChI=1S/C18H28N4O7/c1-2-3-8-26-18(25)28-17(24)13(19)10-21-16(23)14-9-15(22-29-14)27-11-12-4-6-20-7-5-12/h9,12-13,20H,2-8,10-11,19H2,1H3,(H,21,23). The monoisotopic (exact) mass is 412 g/mol. The predicted octanol–water partition coefficient (Wildman–Crippen LogP) is 0.590. The van der Waals surface area contributed by atoms with E-state index < -0.39 is 24.1 Å². The topological polar surface area (TPSA) is 155 Å². The van der Waals surface area contributed by atoms with E-state index in [9.17, 15) is 14.4 Å². The fourth-order valence-corrected chi connectivity index (χ4v) is 2.55. The van der Waals surface area contributed by atoms with Crippen LogP contribution in [0.1, 0.15) is 43.2 Å². The first-order valence-corrected chi connectivity index (χ1v) is 9.72. The van der Waals surface area contributed by atoms with Crippen LogP contribution in [0.15, 0.2) is 10.6 Å². The fourth-order valence-electron chi connectivity index (χ4n) is 2.55. The fraction of sp³-hybridized carbons (Fsp3) is 0.667. The van der Waals surface area contributed by atoms with Crippen LogP contribution in [0.5, 0.6) is 5.88 Å². The normalized spacial score (nSPS) is 15.4. The highest BCUT2D eigenvalue weighted by molar-refractivity contribution is 5.92. The van der Waals surface area contributed by atoms with Gasteiger partial charge in [-0.1, -0.05) is 13.3 Å². The molecule has 0 spiro atoms. The number of nitrogens with two attached hydrogens (primary N) is 1. The minimum Gasteiger partial charge on any atom is -0.475 e. The third-order valence-electron chi connectivity index (χ3n) is 4.32. The van der Waals surface area contributed by atoms with Gasteiger partial charge in [-0.2, -0.15) is 0 Å². The minimum absolute atomic E-state index is 0.0788. The highest BCUT2D eigenvalue weighted by Crippen LogP contribution is 2.16. The lowest BCUT2D eigenvalue weighted by Gasteiger charge is -2.21. The number of nitrogens with zero attached hydrogens (tertiary/aromatic N) is 1. The lowest BCUT2D eigenvalue weighted by molar-refractivity contribution is -0.141. The van der Waals surface area contributed by atoms with Crippen LogP contribution in [-0.4, -0.2) is 62.1 Å². The first-order valence-electron chi connectivity index (χ1n) is 9.72. The molecule has 29 heavy (non-hydrogen) atoms. The Morgan fingerprint density at radius 1 is 1.38 bits per heavy atom. The van der Waals surface area contributed by atoms with Gasteiger partial charge < -0.3 is 35.1 Å². The average Bonchev–Trinajstić information content (AvgIpc) is 3.20. The summed E-state index contributed by atoms with van der Waals surface area (Å²) in [6, 6.07) is 0.127. The number of ether oxygens (including phenoxy) is 3. The van der Waals surface area contributed by atoms with Crippen LogP contribution < -0.4 is 21.1 Å². The molecule has 1 saturated heterocycles. The van der Waals surface area contributed by atoms with E-state index >= 15 is 0 Å². The Hall–Kier alpha value is -2.66. The molecule has 2 rings (SSSR count). The highest BCUT2D eigenvalue weighted by atomic mass is 16.7. The molecule has 1 amide bonds. The second-order valence-electron chi connectivity index (χ2n) is 6.72. The van der Waals surface area contributed by atoms with E-state index in [4.69, 9.17) is 19.7 Å². The Bertz CT molecular complexity index is 673. The van der Waals surface area contributed by atoms with Gasteiger partial charge >= 0.3 is 12.1 Å². The van der Waals surface area contributed by atoms with E-state index in [0.29, 0.717) is 18.9 Å². The SMILES string of the molecule is CCCCOC(=O)OC(=O)C(N)CNC(=O)c1cc(OCC2CCNCC2)no1. The van der Waals surface area contributed by atoms with Gasteiger partial charge in [-0.05, 0) is 43.4 Å². The van der Waals surface area contributed by atoms with Gasteiger partial charge in [-0.15, -0.1) is 0 Å². The molecule has 11 nitrogen and oxygen atoms in total. The van der Waals surface area contributed by atoms with Crippen molar-refractivity contribution in [2.24, 2.45) is 11.7 Å². The van der Waals surface area contributed by atoms with Gasteiger partial charge in [-0.3, -0.25) is 4.79 Å². The number of hydrogen-bond donors (Lipinski definition) is 3. The molecule has 1 aliphatic heterocycles. The Morgan fingerprint density at radius 2 is 2.14 bits per heavy atom. The maximum atomic E-state index is 12.1. The molecule has 2 heterocycles. The molecular formula is C18H28N4O7. The number of aromatic nitrogens is 1. The second-order valence-corrected chi connectivity index (χ2v) is 6.72. The molecule has 1 aromatic rings. The van der Waals surface area contributed by atoms with Crippen molar-refractivity contribution in [3.8, 4) is 5.88 Å². The minimum atomic E-state index is -1.24. The molecule has 4 N–H and O–H groups in total. The van der Waals surface area contributed by atoms with Crippen LogP contribution in [0.3, 0.4) is 0 Å². The van der Waals surface area contributed by atoms with Crippen molar-refractivity contribution in [3.63, 3.8) is 0 Å². The summed E-state index contributed by atoms with van der Waals surface area (Å²) < 4.78 is 19.7. The summed E-state index contributed by atoms with van der Waals surface area (Å²) in [5.41, 5.74) is 5.61. The summed E-state index contributed by atoms with van der Waals surface area (Å²) >= 11 is 0. The molecular weight excluding hydrogens is 384 g/mol. The molecule has 1 unspecified atom stereocenters. The summed E-state index contributed by atoms with van der Waals surface area (Å²) in [5, 5.41) is 9.38. The third kappa shape index (κ3) is 8.08. The van der Waals surface area contributed by atoms with Gasteiger partial charge in [0.15, 0.2) is 0 Å². The molecule has 1 aromatic heterocycles. The van der Waals surface area contributed by atoms with Crippen LogP contribution in [-0.2, 0) is 14.3 Å². The van der Waals surface area contributed by atoms with Gasteiger partial charge in [0.2, 0.25) is 5.76 Å². The van der Waals surface area contributed by atoms with Crippen molar-refractivity contribution in [1.29, 1.82) is 0 Å². The van der Waals surface area contributed by atoms with Crippen molar-refractivity contribution in [2.45, 2.75) is 38.6 Å². The Morgan fingerprint density at radius 3 is 2.86 bits per heavy atom. The zero-order valence-corrected chi connectivity index (χ0v) is 16.5. The summed E-state index contributed by atoms with van der Waals surface area (Å²) in [4.78, 5) is 35.1. The van der Waals surface area contributed by atoms with E-state index in [0.717, 1.165) is 32.4 Å². The van der Waals surface area contributed by atoms with Crippen LogP contribution in [0.4, 0.5) is 4.79 Å². The van der Waals surface area contributed by atoms with E-state index in [-0.39, 0.29) is 24.8 Å². The number of carbonyl (C=O) groups excluding carboxylic acids is 3. The third-order valence-corrected chi connectivity index (χ3v) is 4.32. The van der Waals surface area contributed by atoms with E-state index in [1.54, 1.807) is 0 Å². The average molecular weight is 412 g/mol. The zero-order chi connectivity index (χ0) is 21.1. The molecule has 0 radical (unpaired) electrons. The Labute approximate surface area is 168 Å². The smallest absolute Gasteiger partial charge is 0.475 e. The number of amides is 1. The highest BCUT2D eigenvalue weighted by Gasteiger charge is 2.22. The predicted molar refractivity (Wildman–Crippen MR) is 100 cm³/mol. The van der Waals surface area contributed by atoms with E-state index in [1.807, 2.05) is 6.92 Å². The van der Waals surface area contributed by atoms with Crippen LogP contribution in [0.25, 0.3) is 0 Å². The quantitative estimate of drug-likeness (QED) is 0.282. The van der Waals surface area contributed by atoms with Crippen LogP contribution in [0.2, 0.25) is 0 Å². The molecule has 11 heteroatoms. The van der Waals surface area contributed by atoms with Gasteiger partial charge in [0.1, 0.15) is 6.04 Å². The molecule has 0 aromatic carbocycles. The summed E-state index contributed by atoms with van der Waals surface area (Å²) in [7, 11) is 0. The Balaban J connectivity index is 1.69. The lowest BCUT2D eigenvalue weighted by Crippen LogP contribution is -2.44. The second kappa shape index (κ2) is 12.0. The van der Waals surface area contributed by atoms with Gasteiger partial charge in [0.05, 0.1) is 19.3 Å². The van der Waals surface area contributed by atoms with Crippen LogP contribution >= 0.6 is 0 Å². The first-order chi connectivity index (χ1) is 14.0. The summed E-state index contributed by atoms with van der Waals surface area (Å²) in [6.45, 7) is 4.24. The number of nitrogens with one attached hydrogen (secondary N) is 2. The van der Waals surface area contributed by atoms with Crippen molar-refractivity contribution in [1.82, 2.24) is 15.8 Å². The molecule has 0 saturated carbocycles. The molecule has 162 valence electrons. The number of carbonyl (C=O) groups is 3. The van der Waals surface area contributed by atoms with Gasteiger partial charge in [-0.25, -0.2) is 9.59 Å². The van der Waals surface area contributed by atoms with Crippen molar-refractivity contribution in [3.05, 3.63) is 11.8 Å². The van der Waals surface area contributed by atoms with Crippen molar-refractivity contribution >= 4 is 18.0 Å². The van der Waals surface area contributed by atoms with Crippen molar-refractivity contribution < 1.29 is 33.1 Å². The van der Waals surface area contributed by atoms with E-state index in [2.05, 4.69) is 20.5 Å². The van der Waals surface area contributed by atoms with Crippen molar-refractivity contribution in [2.75, 3.05) is 32.8 Å². The van der Waals surface area contributed by atoms with Gasteiger partial charge in [0.25, 0.3) is 11.8 Å². The maximum Gasteiger partial charge on any atom is 0.516 e. The summed E-state index contributed by atoms with van der Waals surface area (Å²) in [5.74, 6) is -1.06. The summed E-state index contributed by atoms with van der Waals surface area (Å²) in [6.07, 6.45) is 2.41. The number of piperidine rings is 1. The molecule has 1 aliphatic rings. The Kier molecular flexibility index (Phi) is 9.38. The number of esters is 1. The van der Waals surface area contributed by atoms with E-state index in [1.165, 1.54) is 6.07 Å². The lowest BCUT2D eigenvalue weighted by atomic mass is 9.99. The molecule has 0 bridgehead atoms. The number of rotatable bonds is 10.